The molecule has 6 rings (SSSR count). The fourth-order valence-electron chi connectivity index (χ4n) is 5.38. The van der Waals surface area contributed by atoms with Crippen molar-refractivity contribution in [2.45, 2.75) is 0 Å². The Kier molecular flexibility index (Phi) is 11.2. The largest absolute Gasteiger partial charge is 0.323 e. The number of amides is 8. The van der Waals surface area contributed by atoms with E-state index < -0.39 is 34.0 Å². The second-order valence-corrected chi connectivity index (χ2v) is 11.7. The third-order valence-electron chi connectivity index (χ3n) is 7.94. The minimum atomic E-state index is -0.642. The molecule has 0 saturated carbocycles. The van der Waals surface area contributed by atoms with E-state index in [0.717, 1.165) is 0 Å². The Hall–Kier alpha value is -8.54. The van der Waals surface area contributed by atoms with Gasteiger partial charge in [0.25, 0.3) is 11.4 Å². The van der Waals surface area contributed by atoms with E-state index >= 15 is 0 Å². The van der Waals surface area contributed by atoms with Crippen molar-refractivity contribution in [3.05, 3.63) is 154 Å². The molecule has 0 unspecified atom stereocenters. The first-order valence-corrected chi connectivity index (χ1v) is 16.5. The van der Waals surface area contributed by atoms with Gasteiger partial charge in [0.05, 0.1) is 44.0 Å². The lowest BCUT2D eigenvalue weighted by molar-refractivity contribution is -0.385. The predicted molar refractivity (Wildman–Crippen MR) is 214 cm³/mol. The molecule has 0 saturated heterocycles. The van der Waals surface area contributed by atoms with Crippen molar-refractivity contribution in [1.29, 1.82) is 0 Å². The van der Waals surface area contributed by atoms with Crippen molar-refractivity contribution in [1.82, 2.24) is 0 Å². The fraction of sp³-hybridized carbons (Fsp3) is 0. The Bertz CT molecular complexity index is 2300. The van der Waals surface area contributed by atoms with Crippen LogP contribution in [0.15, 0.2) is 133 Å². The molecule has 8 amide bonds. The summed E-state index contributed by atoms with van der Waals surface area (Å²) in [5, 5.41) is 44.5. The van der Waals surface area contributed by atoms with Gasteiger partial charge in [0.2, 0.25) is 0 Å². The molecule has 0 fully saturated rings. The van der Waals surface area contributed by atoms with E-state index in [1.807, 2.05) is 0 Å². The molecule has 0 aromatic heterocycles. The van der Waals surface area contributed by atoms with Crippen LogP contribution in [0.3, 0.4) is 0 Å². The van der Waals surface area contributed by atoms with Crippen molar-refractivity contribution in [2.75, 3.05) is 42.5 Å². The number of nitrogens with one attached hydrogen (secondary N) is 8. The number of nitrogens with zero attached hydrogens (tertiary/aromatic N) is 2. The normalized spacial score (nSPS) is 10.4. The summed E-state index contributed by atoms with van der Waals surface area (Å²) < 4.78 is 0. The van der Waals surface area contributed by atoms with Crippen LogP contribution in [0.2, 0.25) is 0 Å². The molecule has 280 valence electrons. The summed E-state index contributed by atoms with van der Waals surface area (Å²) in [6, 6.07) is 31.3. The third-order valence-corrected chi connectivity index (χ3v) is 7.94. The number of rotatable bonds is 10. The predicted octanol–water partition coefficient (Wildman–Crippen LogP) is 9.23. The highest BCUT2D eigenvalue weighted by atomic mass is 16.6. The van der Waals surface area contributed by atoms with Crippen molar-refractivity contribution < 1.29 is 29.0 Å². The van der Waals surface area contributed by atoms with E-state index in [-0.39, 0.29) is 34.1 Å². The summed E-state index contributed by atoms with van der Waals surface area (Å²) in [7, 11) is 0. The van der Waals surface area contributed by atoms with Crippen LogP contribution < -0.4 is 42.5 Å². The minimum Gasteiger partial charge on any atom is -0.308 e. The molecule has 0 aliphatic rings. The number of anilines is 8. The van der Waals surface area contributed by atoms with Gasteiger partial charge in [0.15, 0.2) is 0 Å². The number of para-hydroxylation sites is 4. The van der Waals surface area contributed by atoms with Crippen LogP contribution in [0, 0.1) is 20.2 Å². The molecule has 6 aromatic carbocycles. The van der Waals surface area contributed by atoms with E-state index in [9.17, 15) is 39.4 Å². The topological polar surface area (TPSA) is 251 Å². The molecule has 0 radical (unpaired) electrons. The number of nitro benzene ring substituents is 2. The van der Waals surface area contributed by atoms with Gasteiger partial charge in [-0.05, 0) is 60.7 Å². The summed E-state index contributed by atoms with van der Waals surface area (Å²) >= 11 is 0. The monoisotopic (exact) mass is 754 g/mol. The van der Waals surface area contributed by atoms with Gasteiger partial charge in [0.1, 0.15) is 0 Å². The van der Waals surface area contributed by atoms with Gasteiger partial charge in [-0.1, -0.05) is 48.5 Å². The van der Waals surface area contributed by atoms with Crippen LogP contribution in [-0.2, 0) is 0 Å². The highest BCUT2D eigenvalue weighted by molar-refractivity contribution is 6.13. The number of hydrogen-bond acceptors (Lipinski definition) is 8. The number of non-ortho nitro benzene ring substituents is 2. The Balaban J connectivity index is 1.08. The standard InChI is InChI=1S/C38H30N10O8/c49-35(39-23-15-19-25(20-16-23)47(53)54)43-31-9-1-3-11-33(31)45-37(51)41-29-13-5-8-28-27(29)7-6-14-30(28)42-38(52)46-34-12-4-2-10-32(34)44-36(50)40-24-17-21-26(22-18-24)48(55)56/h1-22H,(H2,39,43,49)(H2,40,44,50)(H2,41,45,51)(H2,42,46,52). The maximum atomic E-state index is 13.2. The smallest absolute Gasteiger partial charge is 0.308 e. The number of benzene rings is 6. The van der Waals surface area contributed by atoms with E-state index in [1.54, 1.807) is 84.9 Å². The van der Waals surface area contributed by atoms with Crippen LogP contribution in [0.25, 0.3) is 10.8 Å². The maximum absolute atomic E-state index is 13.2. The Morgan fingerprint density at radius 3 is 0.911 bits per heavy atom. The molecular weight excluding hydrogens is 724 g/mol. The van der Waals surface area contributed by atoms with Gasteiger partial charge < -0.3 is 42.5 Å². The lowest BCUT2D eigenvalue weighted by atomic mass is 10.1. The van der Waals surface area contributed by atoms with Gasteiger partial charge in [0, 0.05) is 46.4 Å². The van der Waals surface area contributed by atoms with Crippen molar-refractivity contribution in [2.24, 2.45) is 0 Å². The SMILES string of the molecule is O=C(Nc1ccc([N+](=O)[O-])cc1)Nc1ccccc1NC(=O)Nc1cccc2c(NC(=O)Nc3ccccc3NC(=O)Nc3ccc([N+](=O)[O-])cc3)cccc12. The second-order valence-electron chi connectivity index (χ2n) is 11.7. The molecule has 8 N–H and O–H groups in total. The molecule has 18 nitrogen and oxygen atoms in total. The summed E-state index contributed by atoms with van der Waals surface area (Å²) in [5.74, 6) is 0. The van der Waals surface area contributed by atoms with E-state index in [2.05, 4.69) is 42.5 Å². The third kappa shape index (κ3) is 9.46. The average molecular weight is 755 g/mol. The first kappa shape index (κ1) is 37.2. The maximum Gasteiger partial charge on any atom is 0.323 e. The number of carbonyl (C=O) groups excluding carboxylic acids is 4. The lowest BCUT2D eigenvalue weighted by Gasteiger charge is -2.16. The van der Waals surface area contributed by atoms with Crippen LogP contribution in [0.1, 0.15) is 0 Å². The fourth-order valence-corrected chi connectivity index (χ4v) is 5.38. The lowest BCUT2D eigenvalue weighted by Crippen LogP contribution is -2.23. The molecule has 56 heavy (non-hydrogen) atoms. The molecule has 0 aliphatic carbocycles. The summed E-state index contributed by atoms with van der Waals surface area (Å²) in [5.41, 5.74) is 2.34. The number of carbonyl (C=O) groups is 4. The number of urea groups is 4. The molecular formula is C38H30N10O8. The molecule has 18 heteroatoms. The number of nitro groups is 2. The highest BCUT2D eigenvalue weighted by Gasteiger charge is 2.15. The summed E-state index contributed by atoms with van der Waals surface area (Å²) in [6.07, 6.45) is 0. The van der Waals surface area contributed by atoms with Crippen molar-refractivity contribution in [3.8, 4) is 0 Å². The first-order valence-electron chi connectivity index (χ1n) is 16.5. The number of fused-ring (bicyclic) bond motifs is 1. The quantitative estimate of drug-likeness (QED) is 0.0493. The van der Waals surface area contributed by atoms with Gasteiger partial charge in [-0.25, -0.2) is 19.2 Å². The van der Waals surface area contributed by atoms with Crippen LogP contribution in [0.4, 0.5) is 76.1 Å². The average Bonchev–Trinajstić information content (AvgIpc) is 3.17. The Morgan fingerprint density at radius 1 is 0.339 bits per heavy atom. The zero-order valence-corrected chi connectivity index (χ0v) is 28.9. The van der Waals surface area contributed by atoms with Gasteiger partial charge >= 0.3 is 24.1 Å². The zero-order valence-electron chi connectivity index (χ0n) is 28.9. The van der Waals surface area contributed by atoms with E-state index in [0.29, 0.717) is 33.5 Å². The molecule has 0 spiro atoms. The second kappa shape index (κ2) is 16.9. The van der Waals surface area contributed by atoms with Gasteiger partial charge in [-0.2, -0.15) is 0 Å². The molecule has 0 atom stereocenters. The molecule has 0 bridgehead atoms. The van der Waals surface area contributed by atoms with Crippen LogP contribution in [-0.4, -0.2) is 34.0 Å². The van der Waals surface area contributed by atoms with Crippen LogP contribution in [0.5, 0.6) is 0 Å². The highest BCUT2D eigenvalue weighted by Crippen LogP contribution is 2.31. The van der Waals surface area contributed by atoms with Crippen molar-refractivity contribution in [3.63, 3.8) is 0 Å². The summed E-state index contributed by atoms with van der Waals surface area (Å²) in [6.45, 7) is 0. The first-order chi connectivity index (χ1) is 27.0. The minimum absolute atomic E-state index is 0.124. The van der Waals surface area contributed by atoms with Gasteiger partial charge in [-0.3, -0.25) is 20.2 Å². The van der Waals surface area contributed by atoms with E-state index in [1.165, 1.54) is 48.5 Å². The Labute approximate surface area is 316 Å². The Morgan fingerprint density at radius 2 is 0.607 bits per heavy atom. The van der Waals surface area contributed by atoms with E-state index in [4.69, 9.17) is 0 Å². The van der Waals surface area contributed by atoms with Crippen molar-refractivity contribution >= 4 is 91.8 Å². The molecule has 0 heterocycles. The molecule has 6 aromatic rings. The summed E-state index contributed by atoms with van der Waals surface area (Å²) in [4.78, 5) is 72.5. The van der Waals surface area contributed by atoms with Crippen LogP contribution >= 0.6 is 0 Å². The number of hydrogen-bond donors (Lipinski definition) is 8. The van der Waals surface area contributed by atoms with Gasteiger partial charge in [-0.15, -0.1) is 0 Å². The zero-order chi connectivity index (χ0) is 39.6. The molecule has 0 aliphatic heterocycles.